The van der Waals surface area contributed by atoms with Crippen LogP contribution < -0.4 is 0 Å². The predicted octanol–water partition coefficient (Wildman–Crippen LogP) is 2.90. The summed E-state index contributed by atoms with van der Waals surface area (Å²) in [7, 11) is 0. The molecule has 0 aliphatic heterocycles. The molecular weight excluding hydrogens is 120 g/mol. The van der Waals surface area contributed by atoms with E-state index in [0.717, 1.165) is 18.8 Å². The van der Waals surface area contributed by atoms with Gasteiger partial charge in [-0.05, 0) is 24.7 Å². The van der Waals surface area contributed by atoms with Crippen LogP contribution in [0.2, 0.25) is 0 Å². The average Bonchev–Trinajstić information content (AvgIpc) is 1.82. The van der Waals surface area contributed by atoms with Gasteiger partial charge in [-0.3, -0.25) is 0 Å². The highest BCUT2D eigenvalue weighted by molar-refractivity contribution is 4.83. The van der Waals surface area contributed by atoms with Crippen molar-refractivity contribution in [1.29, 1.82) is 0 Å². The topological polar surface area (TPSA) is 0 Å². The molecule has 2 unspecified atom stereocenters. The van der Waals surface area contributed by atoms with Gasteiger partial charge in [-0.1, -0.05) is 20.8 Å². The first-order valence-electron chi connectivity index (χ1n) is 3.93. The van der Waals surface area contributed by atoms with Gasteiger partial charge in [-0.25, -0.2) is 0 Å². The van der Waals surface area contributed by atoms with E-state index in [1.54, 1.807) is 0 Å². The summed E-state index contributed by atoms with van der Waals surface area (Å²) >= 11 is 0. The Morgan fingerprint density at radius 3 is 2.50 bits per heavy atom. The van der Waals surface area contributed by atoms with Crippen molar-refractivity contribution in [3.63, 3.8) is 0 Å². The number of terminal acetylenes is 1. The van der Waals surface area contributed by atoms with Crippen LogP contribution in [0.4, 0.5) is 0 Å². The van der Waals surface area contributed by atoms with Crippen molar-refractivity contribution in [2.24, 2.45) is 11.8 Å². The number of hydrogen-bond donors (Lipinski definition) is 0. The molecule has 0 bridgehead atoms. The maximum absolute atomic E-state index is 5.14. The molecule has 10 heavy (non-hydrogen) atoms. The fourth-order valence-electron chi connectivity index (χ4n) is 1.13. The number of hydrogen-bond acceptors (Lipinski definition) is 0. The van der Waals surface area contributed by atoms with Gasteiger partial charge in [0, 0.05) is 6.42 Å². The summed E-state index contributed by atoms with van der Waals surface area (Å²) in [5.74, 6) is 3.95. The van der Waals surface area contributed by atoms with E-state index < -0.39 is 0 Å². The second-order valence-corrected chi connectivity index (χ2v) is 3.19. The van der Waals surface area contributed by atoms with Crippen molar-refractivity contribution in [1.82, 2.24) is 0 Å². The quantitative estimate of drug-likeness (QED) is 0.523. The standard InChI is InChI=1S/C10H17/c1-5-6-7-10(4)8-9(2)3/h1,9-10H,2,6-8H2,3-4H3. The van der Waals surface area contributed by atoms with Crippen molar-refractivity contribution < 1.29 is 0 Å². The van der Waals surface area contributed by atoms with Gasteiger partial charge in [-0.15, -0.1) is 12.3 Å². The normalized spacial score (nSPS) is 13.1. The Morgan fingerprint density at radius 2 is 2.10 bits per heavy atom. The van der Waals surface area contributed by atoms with Gasteiger partial charge in [0.05, 0.1) is 0 Å². The van der Waals surface area contributed by atoms with Crippen molar-refractivity contribution in [2.75, 3.05) is 0 Å². The molecule has 0 aliphatic rings. The summed E-state index contributed by atoms with van der Waals surface area (Å²) in [4.78, 5) is 0. The summed E-state index contributed by atoms with van der Waals surface area (Å²) in [5.41, 5.74) is 0. The van der Waals surface area contributed by atoms with Crippen LogP contribution in [0, 0.1) is 31.1 Å². The molecular formula is C10H17. The molecule has 0 N–H and O–H groups in total. The van der Waals surface area contributed by atoms with Crippen molar-refractivity contribution in [3.05, 3.63) is 6.92 Å². The third-order valence-corrected chi connectivity index (χ3v) is 1.59. The Hall–Kier alpha value is -0.440. The maximum atomic E-state index is 5.14. The van der Waals surface area contributed by atoms with Crippen LogP contribution in [0.25, 0.3) is 0 Å². The summed E-state index contributed by atoms with van der Waals surface area (Å²) in [6.45, 7) is 8.32. The summed E-state index contributed by atoms with van der Waals surface area (Å²) in [6.07, 6.45) is 8.40. The molecule has 0 saturated carbocycles. The lowest BCUT2D eigenvalue weighted by Crippen LogP contribution is -1.99. The van der Waals surface area contributed by atoms with E-state index in [9.17, 15) is 0 Å². The van der Waals surface area contributed by atoms with Crippen LogP contribution in [0.5, 0.6) is 0 Å². The molecule has 57 valence electrons. The first kappa shape index (κ1) is 9.56. The van der Waals surface area contributed by atoms with Gasteiger partial charge in [0.2, 0.25) is 0 Å². The monoisotopic (exact) mass is 137 g/mol. The molecule has 0 spiro atoms. The van der Waals surface area contributed by atoms with Crippen LogP contribution in [0.3, 0.4) is 0 Å². The van der Waals surface area contributed by atoms with Crippen LogP contribution in [-0.4, -0.2) is 0 Å². The van der Waals surface area contributed by atoms with E-state index in [1.165, 1.54) is 6.42 Å². The van der Waals surface area contributed by atoms with E-state index in [2.05, 4.69) is 26.7 Å². The van der Waals surface area contributed by atoms with Gasteiger partial charge in [0.25, 0.3) is 0 Å². The molecule has 1 radical (unpaired) electrons. The molecule has 0 aliphatic carbocycles. The largest absolute Gasteiger partial charge is 0.120 e. The Labute approximate surface area is 65.0 Å². The van der Waals surface area contributed by atoms with Gasteiger partial charge in [-0.2, -0.15) is 0 Å². The van der Waals surface area contributed by atoms with Crippen LogP contribution >= 0.6 is 0 Å². The minimum absolute atomic E-state index is 0.563. The minimum atomic E-state index is 0.563. The lowest BCUT2D eigenvalue weighted by atomic mass is 9.95. The molecule has 0 amide bonds. The van der Waals surface area contributed by atoms with Crippen LogP contribution in [-0.2, 0) is 0 Å². The summed E-state index contributed by atoms with van der Waals surface area (Å²) in [5, 5.41) is 0. The van der Waals surface area contributed by atoms with Crippen molar-refractivity contribution in [2.45, 2.75) is 33.1 Å². The SMILES string of the molecule is C#CCCC(C)CC([CH2])C. The zero-order valence-electron chi connectivity index (χ0n) is 7.06. The molecule has 0 aromatic rings. The second kappa shape index (κ2) is 5.35. The third-order valence-electron chi connectivity index (χ3n) is 1.59. The van der Waals surface area contributed by atoms with E-state index in [-0.39, 0.29) is 0 Å². The molecule has 2 atom stereocenters. The molecule has 0 fully saturated rings. The Kier molecular flexibility index (Phi) is 5.12. The fourth-order valence-corrected chi connectivity index (χ4v) is 1.13. The first-order chi connectivity index (χ1) is 4.66. The smallest absolute Gasteiger partial charge is 0.00885 e. The van der Waals surface area contributed by atoms with E-state index >= 15 is 0 Å². The lowest BCUT2D eigenvalue weighted by molar-refractivity contribution is 0.442. The molecule has 0 heteroatoms. The average molecular weight is 137 g/mol. The van der Waals surface area contributed by atoms with Gasteiger partial charge < -0.3 is 0 Å². The highest BCUT2D eigenvalue weighted by atomic mass is 14.1. The maximum Gasteiger partial charge on any atom is 0.00885 e. The predicted molar refractivity (Wildman–Crippen MR) is 46.4 cm³/mol. The Balaban J connectivity index is 3.27. The highest BCUT2D eigenvalue weighted by Gasteiger charge is 2.02. The van der Waals surface area contributed by atoms with Crippen LogP contribution in [0.1, 0.15) is 33.1 Å². The molecule has 0 saturated heterocycles. The minimum Gasteiger partial charge on any atom is -0.120 e. The summed E-state index contributed by atoms with van der Waals surface area (Å²) < 4.78 is 0. The van der Waals surface area contributed by atoms with E-state index in [1.807, 2.05) is 0 Å². The third kappa shape index (κ3) is 5.69. The first-order valence-corrected chi connectivity index (χ1v) is 3.93. The number of rotatable bonds is 4. The van der Waals surface area contributed by atoms with Crippen molar-refractivity contribution >= 4 is 0 Å². The van der Waals surface area contributed by atoms with Crippen molar-refractivity contribution in [3.8, 4) is 12.3 Å². The zero-order chi connectivity index (χ0) is 7.98. The molecule has 0 heterocycles. The molecule has 0 rings (SSSR count). The lowest BCUT2D eigenvalue weighted by Gasteiger charge is -2.11. The highest BCUT2D eigenvalue weighted by Crippen LogP contribution is 2.15. The fraction of sp³-hybridized carbons (Fsp3) is 0.700. The van der Waals surface area contributed by atoms with Gasteiger partial charge in [0.1, 0.15) is 0 Å². The van der Waals surface area contributed by atoms with E-state index in [0.29, 0.717) is 5.92 Å². The molecule has 0 aromatic carbocycles. The second-order valence-electron chi connectivity index (χ2n) is 3.19. The Morgan fingerprint density at radius 1 is 1.50 bits per heavy atom. The molecule has 0 nitrogen and oxygen atoms in total. The van der Waals surface area contributed by atoms with Crippen LogP contribution in [0.15, 0.2) is 0 Å². The summed E-state index contributed by atoms with van der Waals surface area (Å²) in [6, 6.07) is 0. The van der Waals surface area contributed by atoms with Gasteiger partial charge in [0.15, 0.2) is 0 Å². The zero-order valence-corrected chi connectivity index (χ0v) is 7.06. The molecule has 0 aromatic heterocycles. The van der Waals surface area contributed by atoms with Gasteiger partial charge >= 0.3 is 0 Å². The Bertz CT molecular complexity index is 106. The van der Waals surface area contributed by atoms with E-state index in [4.69, 9.17) is 6.42 Å².